The van der Waals surface area contributed by atoms with Crippen molar-refractivity contribution < 1.29 is 14.6 Å². The van der Waals surface area contributed by atoms with Crippen molar-refractivity contribution in [2.75, 3.05) is 7.11 Å². The van der Waals surface area contributed by atoms with Crippen molar-refractivity contribution in [3.05, 3.63) is 52.5 Å². The third-order valence-electron chi connectivity index (χ3n) is 2.98. The first-order chi connectivity index (χ1) is 9.51. The van der Waals surface area contributed by atoms with Gasteiger partial charge in [0, 0.05) is 0 Å². The van der Waals surface area contributed by atoms with Crippen LogP contribution < -0.4 is 9.47 Å². The van der Waals surface area contributed by atoms with Crippen LogP contribution in [0.2, 0.25) is 5.02 Å². The second kappa shape index (κ2) is 6.16. The van der Waals surface area contributed by atoms with Crippen molar-refractivity contribution >= 4 is 11.6 Å². The number of aryl methyl sites for hydroxylation is 1. The quantitative estimate of drug-likeness (QED) is 0.901. The molecular weight excluding hydrogens is 276 g/mol. The average Bonchev–Trinajstić information content (AvgIpc) is 2.42. The number of methoxy groups -OCH3 is 1. The fourth-order valence-electron chi connectivity index (χ4n) is 1.84. The normalized spacial score (nSPS) is 12.1. The van der Waals surface area contributed by atoms with Crippen LogP contribution in [0.1, 0.15) is 24.2 Å². The number of aliphatic hydroxyl groups excluding tert-OH is 1. The molecule has 0 radical (unpaired) electrons. The van der Waals surface area contributed by atoms with Gasteiger partial charge < -0.3 is 14.6 Å². The Morgan fingerprint density at radius 3 is 2.35 bits per heavy atom. The Kier molecular flexibility index (Phi) is 4.53. The minimum absolute atomic E-state index is 0.450. The Bertz CT molecular complexity index is 609. The van der Waals surface area contributed by atoms with Crippen LogP contribution in [0.25, 0.3) is 0 Å². The van der Waals surface area contributed by atoms with Gasteiger partial charge >= 0.3 is 0 Å². The Hall–Kier alpha value is -1.71. The van der Waals surface area contributed by atoms with E-state index in [1.807, 2.05) is 25.1 Å². The fourth-order valence-corrected chi connectivity index (χ4v) is 2.06. The van der Waals surface area contributed by atoms with Crippen LogP contribution in [0.3, 0.4) is 0 Å². The maximum absolute atomic E-state index is 9.52. The molecule has 2 aromatic carbocycles. The summed E-state index contributed by atoms with van der Waals surface area (Å²) in [5.74, 6) is 1.78. The van der Waals surface area contributed by atoms with Crippen LogP contribution >= 0.6 is 11.6 Å². The van der Waals surface area contributed by atoms with Gasteiger partial charge in [-0.3, -0.25) is 0 Å². The van der Waals surface area contributed by atoms with Crippen LogP contribution in [0, 0.1) is 6.92 Å². The van der Waals surface area contributed by atoms with E-state index in [2.05, 4.69) is 0 Å². The molecule has 0 bridgehead atoms. The summed E-state index contributed by atoms with van der Waals surface area (Å²) in [7, 11) is 1.60. The largest absolute Gasteiger partial charge is 0.493 e. The highest BCUT2D eigenvalue weighted by Gasteiger charge is 2.10. The van der Waals surface area contributed by atoms with Crippen LogP contribution in [0.4, 0.5) is 0 Å². The van der Waals surface area contributed by atoms with Gasteiger partial charge in [-0.15, -0.1) is 0 Å². The minimum atomic E-state index is -0.560. The predicted molar refractivity (Wildman–Crippen MR) is 79.9 cm³/mol. The predicted octanol–water partition coefficient (Wildman–Crippen LogP) is 4.50. The Balaban J connectivity index is 2.30. The molecule has 0 unspecified atom stereocenters. The smallest absolute Gasteiger partial charge is 0.169 e. The second-order valence-electron chi connectivity index (χ2n) is 4.62. The highest BCUT2D eigenvalue weighted by Crippen LogP contribution is 2.36. The van der Waals surface area contributed by atoms with E-state index in [1.165, 1.54) is 0 Å². The van der Waals surface area contributed by atoms with E-state index < -0.39 is 6.10 Å². The van der Waals surface area contributed by atoms with Gasteiger partial charge in [-0.05, 0) is 49.2 Å². The van der Waals surface area contributed by atoms with Crippen molar-refractivity contribution in [1.82, 2.24) is 0 Å². The molecule has 0 spiro atoms. The number of hydrogen-bond donors (Lipinski definition) is 1. The van der Waals surface area contributed by atoms with Crippen LogP contribution in [0.15, 0.2) is 36.4 Å². The third kappa shape index (κ3) is 3.24. The zero-order chi connectivity index (χ0) is 14.7. The number of ether oxygens (including phenoxy) is 2. The number of rotatable bonds is 4. The van der Waals surface area contributed by atoms with Crippen LogP contribution in [-0.4, -0.2) is 12.2 Å². The zero-order valence-electron chi connectivity index (χ0n) is 11.7. The van der Waals surface area contributed by atoms with Crippen LogP contribution in [-0.2, 0) is 0 Å². The maximum atomic E-state index is 9.52. The summed E-state index contributed by atoms with van der Waals surface area (Å²) in [6, 6.07) is 10.9. The van der Waals surface area contributed by atoms with Gasteiger partial charge in [0.1, 0.15) is 5.75 Å². The van der Waals surface area contributed by atoms with Gasteiger partial charge in [0.2, 0.25) is 0 Å². The second-order valence-corrected chi connectivity index (χ2v) is 5.03. The van der Waals surface area contributed by atoms with Crippen molar-refractivity contribution in [2.24, 2.45) is 0 Å². The number of halogens is 1. The molecule has 106 valence electrons. The standard InChI is InChI=1S/C16H17ClO3/c1-10-4-6-15(16(8-10)19-3)20-14-7-5-12(11(2)18)9-13(14)17/h4-9,11,18H,1-3H3/t11-/m0/s1. The number of hydrogen-bond acceptors (Lipinski definition) is 3. The van der Waals surface area contributed by atoms with E-state index in [9.17, 15) is 5.11 Å². The van der Waals surface area contributed by atoms with Crippen molar-refractivity contribution in [3.8, 4) is 17.2 Å². The van der Waals surface area contributed by atoms with Crippen LogP contribution in [0.5, 0.6) is 17.2 Å². The lowest BCUT2D eigenvalue weighted by Crippen LogP contribution is -1.94. The lowest BCUT2D eigenvalue weighted by atomic mass is 10.1. The lowest BCUT2D eigenvalue weighted by molar-refractivity contribution is 0.199. The summed E-state index contributed by atoms with van der Waals surface area (Å²) >= 11 is 6.17. The third-order valence-corrected chi connectivity index (χ3v) is 3.27. The SMILES string of the molecule is COc1cc(C)ccc1Oc1ccc([C@H](C)O)cc1Cl. The molecule has 0 aliphatic heterocycles. The number of aliphatic hydroxyl groups is 1. The van der Waals surface area contributed by atoms with E-state index in [0.717, 1.165) is 11.1 Å². The topological polar surface area (TPSA) is 38.7 Å². The molecule has 4 heteroatoms. The molecule has 0 aromatic heterocycles. The zero-order valence-corrected chi connectivity index (χ0v) is 12.4. The molecule has 0 fully saturated rings. The molecule has 20 heavy (non-hydrogen) atoms. The summed E-state index contributed by atoms with van der Waals surface area (Å²) in [5.41, 5.74) is 1.84. The van der Waals surface area contributed by atoms with Gasteiger partial charge in [0.05, 0.1) is 18.2 Å². The highest BCUT2D eigenvalue weighted by atomic mass is 35.5. The van der Waals surface area contributed by atoms with Gasteiger partial charge in [-0.2, -0.15) is 0 Å². The monoisotopic (exact) mass is 292 g/mol. The molecule has 2 aromatic rings. The molecule has 0 aliphatic rings. The maximum Gasteiger partial charge on any atom is 0.169 e. The molecule has 0 amide bonds. The molecule has 3 nitrogen and oxygen atoms in total. The molecule has 0 saturated heterocycles. The molecule has 0 saturated carbocycles. The molecule has 0 aliphatic carbocycles. The fraction of sp³-hybridized carbons (Fsp3) is 0.250. The van der Waals surface area contributed by atoms with Gasteiger partial charge in [-0.25, -0.2) is 0 Å². The summed E-state index contributed by atoms with van der Waals surface area (Å²) < 4.78 is 11.1. The van der Waals surface area contributed by atoms with Crippen molar-refractivity contribution in [3.63, 3.8) is 0 Å². The Labute approximate surface area is 123 Å². The van der Waals surface area contributed by atoms with Crippen molar-refractivity contribution in [1.29, 1.82) is 0 Å². The first-order valence-corrected chi connectivity index (χ1v) is 6.69. The summed E-state index contributed by atoms with van der Waals surface area (Å²) in [4.78, 5) is 0. The van der Waals surface area contributed by atoms with Gasteiger partial charge in [-0.1, -0.05) is 23.7 Å². The molecular formula is C16H17ClO3. The van der Waals surface area contributed by atoms with E-state index in [0.29, 0.717) is 22.3 Å². The molecule has 2 rings (SSSR count). The van der Waals surface area contributed by atoms with E-state index in [4.69, 9.17) is 21.1 Å². The highest BCUT2D eigenvalue weighted by molar-refractivity contribution is 6.32. The van der Waals surface area contributed by atoms with Gasteiger partial charge in [0.15, 0.2) is 11.5 Å². The summed E-state index contributed by atoms with van der Waals surface area (Å²) in [6.07, 6.45) is -0.560. The minimum Gasteiger partial charge on any atom is -0.493 e. The summed E-state index contributed by atoms with van der Waals surface area (Å²) in [6.45, 7) is 3.67. The molecule has 1 N–H and O–H groups in total. The van der Waals surface area contributed by atoms with E-state index in [-0.39, 0.29) is 0 Å². The summed E-state index contributed by atoms with van der Waals surface area (Å²) in [5, 5.41) is 9.97. The lowest BCUT2D eigenvalue weighted by Gasteiger charge is -2.13. The van der Waals surface area contributed by atoms with Gasteiger partial charge in [0.25, 0.3) is 0 Å². The molecule has 0 heterocycles. The average molecular weight is 293 g/mol. The number of benzene rings is 2. The molecule has 1 atom stereocenters. The first kappa shape index (κ1) is 14.7. The van der Waals surface area contributed by atoms with E-state index in [1.54, 1.807) is 32.2 Å². The Morgan fingerprint density at radius 2 is 1.75 bits per heavy atom. The first-order valence-electron chi connectivity index (χ1n) is 6.31. The Morgan fingerprint density at radius 1 is 1.05 bits per heavy atom. The van der Waals surface area contributed by atoms with E-state index >= 15 is 0 Å². The van der Waals surface area contributed by atoms with Crippen molar-refractivity contribution in [2.45, 2.75) is 20.0 Å².